The molecule has 3 aromatic carbocycles. The predicted molar refractivity (Wildman–Crippen MR) is 144 cm³/mol. The third-order valence-electron chi connectivity index (χ3n) is 7.87. The normalized spacial score (nSPS) is 22.3. The lowest BCUT2D eigenvalue weighted by Gasteiger charge is -2.40. The molecule has 2 saturated heterocycles. The maximum atomic E-state index is 13.0. The van der Waals surface area contributed by atoms with Crippen molar-refractivity contribution in [2.75, 3.05) is 33.2 Å². The van der Waals surface area contributed by atoms with Gasteiger partial charge in [0.15, 0.2) is 18.2 Å². The Hall–Kier alpha value is -3.91. The summed E-state index contributed by atoms with van der Waals surface area (Å²) in [5.41, 5.74) is 3.66. The van der Waals surface area contributed by atoms with Crippen molar-refractivity contribution in [3.8, 4) is 0 Å². The van der Waals surface area contributed by atoms with Crippen molar-refractivity contribution in [3.63, 3.8) is 0 Å². The number of rotatable bonds is 4. The largest absolute Gasteiger partial charge is 0.340 e. The Morgan fingerprint density at radius 3 is 2.38 bits per heavy atom. The average molecular weight is 497 g/mol. The van der Waals surface area contributed by atoms with Gasteiger partial charge in [-0.05, 0) is 34.4 Å². The molecule has 3 aliphatic rings. The Balaban J connectivity index is 1.22. The van der Waals surface area contributed by atoms with Crippen molar-refractivity contribution in [1.29, 1.82) is 0 Å². The van der Waals surface area contributed by atoms with Crippen molar-refractivity contribution in [3.05, 3.63) is 83.4 Å². The molecule has 2 fully saturated rings. The Morgan fingerprint density at radius 2 is 1.57 bits per heavy atom. The molecule has 0 saturated carbocycles. The number of hydrogen-bond donors (Lipinski definition) is 1. The highest BCUT2D eigenvalue weighted by atomic mass is 16.2. The highest BCUT2D eigenvalue weighted by Crippen LogP contribution is 2.29. The smallest absolute Gasteiger partial charge is 0.325 e. The number of nitrogens with one attached hydrogen (secondary N) is 1. The zero-order valence-corrected chi connectivity index (χ0v) is 21.3. The zero-order chi connectivity index (χ0) is 25.5. The molecule has 0 spiro atoms. The van der Waals surface area contributed by atoms with Crippen LogP contribution in [0.25, 0.3) is 10.8 Å². The number of benzene rings is 3. The van der Waals surface area contributed by atoms with Gasteiger partial charge in [-0.15, -0.1) is 0 Å². The van der Waals surface area contributed by atoms with Gasteiger partial charge in [0.2, 0.25) is 0 Å². The van der Waals surface area contributed by atoms with Crippen LogP contribution in [0, 0.1) is 6.92 Å². The van der Waals surface area contributed by atoms with Crippen LogP contribution in [0.2, 0.25) is 0 Å². The number of likely N-dealkylation sites (N-methyl/N-ethyl adjacent to an activating group) is 1. The highest BCUT2D eigenvalue weighted by molar-refractivity contribution is 6.03. The summed E-state index contributed by atoms with van der Waals surface area (Å²) >= 11 is 0. The van der Waals surface area contributed by atoms with Crippen molar-refractivity contribution >= 4 is 28.7 Å². The number of urea groups is 1. The molecule has 190 valence electrons. The summed E-state index contributed by atoms with van der Waals surface area (Å²) in [6.07, 6.45) is -0.519. The number of nitrogens with zero attached hydrogens (tertiary/aromatic N) is 5. The second-order valence-corrected chi connectivity index (χ2v) is 10.1. The first-order valence-electron chi connectivity index (χ1n) is 12.9. The summed E-state index contributed by atoms with van der Waals surface area (Å²) in [5, 5.41) is 5.08. The van der Waals surface area contributed by atoms with E-state index < -0.39 is 18.2 Å². The number of aliphatic imine (C=N–C) groups is 1. The average Bonchev–Trinajstić information content (AvgIpc) is 3.29. The maximum absolute atomic E-state index is 13.0. The van der Waals surface area contributed by atoms with Crippen LogP contribution in [-0.4, -0.2) is 82.9 Å². The molecule has 0 aromatic heterocycles. The van der Waals surface area contributed by atoms with Crippen molar-refractivity contribution in [2.45, 2.75) is 32.2 Å². The number of hydrogen-bond acceptors (Lipinski definition) is 6. The fourth-order valence-corrected chi connectivity index (χ4v) is 5.69. The molecule has 6 rings (SSSR count). The molecule has 8 heteroatoms. The van der Waals surface area contributed by atoms with Crippen LogP contribution in [-0.2, 0) is 17.9 Å². The number of carbonyl (C=O) groups excluding carboxylic acids is 2. The Bertz CT molecular complexity index is 1370. The summed E-state index contributed by atoms with van der Waals surface area (Å²) < 4.78 is 0. The zero-order valence-electron chi connectivity index (χ0n) is 21.3. The minimum Gasteiger partial charge on any atom is -0.340 e. The topological polar surface area (TPSA) is 71.5 Å². The molecule has 3 aromatic rings. The summed E-state index contributed by atoms with van der Waals surface area (Å²) in [6.45, 7) is 6.98. The molecule has 3 amide bonds. The van der Waals surface area contributed by atoms with Crippen LogP contribution >= 0.6 is 0 Å². The molecule has 2 atom stereocenters. The maximum Gasteiger partial charge on any atom is 0.325 e. The fraction of sp³-hybridized carbons (Fsp3) is 0.345. The number of amides is 3. The van der Waals surface area contributed by atoms with Gasteiger partial charge in [-0.1, -0.05) is 66.7 Å². The molecule has 3 heterocycles. The van der Waals surface area contributed by atoms with Gasteiger partial charge in [0.05, 0.1) is 0 Å². The third kappa shape index (κ3) is 4.31. The van der Waals surface area contributed by atoms with Crippen LogP contribution < -0.4 is 5.32 Å². The van der Waals surface area contributed by atoms with E-state index in [1.54, 1.807) is 11.9 Å². The van der Waals surface area contributed by atoms with E-state index >= 15 is 0 Å². The van der Waals surface area contributed by atoms with E-state index in [9.17, 15) is 9.59 Å². The number of guanidine groups is 1. The number of piperazine rings is 1. The summed E-state index contributed by atoms with van der Waals surface area (Å²) in [4.78, 5) is 38.7. The van der Waals surface area contributed by atoms with Gasteiger partial charge in [-0.2, -0.15) is 0 Å². The first-order chi connectivity index (χ1) is 18.0. The van der Waals surface area contributed by atoms with Gasteiger partial charge in [-0.25, -0.2) is 9.79 Å². The molecule has 1 N–H and O–H groups in total. The van der Waals surface area contributed by atoms with Gasteiger partial charge in [0.25, 0.3) is 5.91 Å². The number of carbonyl (C=O) groups is 2. The van der Waals surface area contributed by atoms with E-state index in [1.807, 2.05) is 12.1 Å². The first-order valence-corrected chi connectivity index (χ1v) is 12.9. The van der Waals surface area contributed by atoms with Crippen LogP contribution in [0.1, 0.15) is 16.7 Å². The van der Waals surface area contributed by atoms with Crippen molar-refractivity contribution < 1.29 is 9.59 Å². The van der Waals surface area contributed by atoms with Gasteiger partial charge in [-0.3, -0.25) is 15.0 Å². The van der Waals surface area contributed by atoms with E-state index in [1.165, 1.54) is 21.9 Å². The Kier molecular flexibility index (Phi) is 6.04. The van der Waals surface area contributed by atoms with Crippen molar-refractivity contribution in [2.24, 2.45) is 4.99 Å². The van der Waals surface area contributed by atoms with Gasteiger partial charge in [0, 0.05) is 46.3 Å². The summed E-state index contributed by atoms with van der Waals surface area (Å²) in [5.74, 6) is 0.523. The van der Waals surface area contributed by atoms with E-state index in [2.05, 4.69) is 81.5 Å². The minimum absolute atomic E-state index is 0.282. The fourth-order valence-electron chi connectivity index (χ4n) is 5.69. The Labute approximate surface area is 217 Å². The molecule has 0 bridgehead atoms. The van der Waals surface area contributed by atoms with E-state index in [4.69, 9.17) is 4.99 Å². The monoisotopic (exact) mass is 496 g/mol. The van der Waals surface area contributed by atoms with Crippen molar-refractivity contribution in [1.82, 2.24) is 24.9 Å². The molecular formula is C29H32N6O2. The number of aryl methyl sites for hydroxylation is 1. The number of fused-ring (bicyclic) bond motifs is 2. The Morgan fingerprint density at radius 1 is 0.865 bits per heavy atom. The standard InChI is InChI=1S/C29H32N6O2/c1-20-8-3-4-10-22(20)19-35-25-26(32(2)29(37)31-27(25)36)30-28(35)34-16-14-33(15-17-34)18-23-12-7-11-21-9-5-6-13-24(21)23/h3-13,25-26H,14-19H2,1-2H3,(H,31,36,37). The quantitative estimate of drug-likeness (QED) is 0.601. The van der Waals surface area contributed by atoms with Gasteiger partial charge in [0.1, 0.15) is 0 Å². The summed E-state index contributed by atoms with van der Waals surface area (Å²) in [7, 11) is 1.71. The van der Waals surface area contributed by atoms with Gasteiger partial charge >= 0.3 is 6.03 Å². The lowest BCUT2D eigenvalue weighted by molar-refractivity contribution is -0.127. The predicted octanol–water partition coefficient (Wildman–Crippen LogP) is 3.01. The first kappa shape index (κ1) is 23.5. The van der Waals surface area contributed by atoms with Crippen LogP contribution in [0.3, 0.4) is 0 Å². The SMILES string of the molecule is Cc1ccccc1CN1C(N2CCN(Cc3cccc4ccccc34)CC2)=NC2C1C(=O)NC(=O)N2C. The van der Waals surface area contributed by atoms with Crippen LogP contribution in [0.15, 0.2) is 71.7 Å². The minimum atomic E-state index is -0.536. The lowest BCUT2D eigenvalue weighted by atomic mass is 10.0. The van der Waals surface area contributed by atoms with E-state index in [0.717, 1.165) is 44.2 Å². The van der Waals surface area contributed by atoms with E-state index in [-0.39, 0.29) is 5.91 Å². The number of imide groups is 1. The lowest BCUT2D eigenvalue weighted by Crippen LogP contribution is -2.64. The van der Waals surface area contributed by atoms with Gasteiger partial charge < -0.3 is 14.7 Å². The second kappa shape index (κ2) is 9.52. The second-order valence-electron chi connectivity index (χ2n) is 10.1. The molecule has 3 aliphatic heterocycles. The highest BCUT2D eigenvalue weighted by Gasteiger charge is 2.49. The molecular weight excluding hydrogens is 464 g/mol. The van der Waals surface area contributed by atoms with Crippen LogP contribution in [0.5, 0.6) is 0 Å². The molecule has 0 radical (unpaired) electrons. The third-order valence-corrected chi connectivity index (χ3v) is 7.87. The molecule has 8 nitrogen and oxygen atoms in total. The van der Waals surface area contributed by atoms with E-state index in [0.29, 0.717) is 6.54 Å². The molecule has 0 aliphatic carbocycles. The molecule has 2 unspecified atom stereocenters. The van der Waals surface area contributed by atoms with Crippen LogP contribution in [0.4, 0.5) is 4.79 Å². The summed E-state index contributed by atoms with van der Waals surface area (Å²) in [6, 6.07) is 22.3. The molecule has 37 heavy (non-hydrogen) atoms.